The van der Waals surface area contributed by atoms with Crippen LogP contribution in [0.5, 0.6) is 5.75 Å². The molecular weight excluding hydrogens is 364 g/mol. The molecule has 0 aliphatic rings. The fraction of sp³-hybridized carbons (Fsp3) is 0.450. The van der Waals surface area contributed by atoms with Crippen LogP contribution in [-0.4, -0.2) is 35.1 Å². The summed E-state index contributed by atoms with van der Waals surface area (Å²) in [6.45, 7) is 6.64. The van der Waals surface area contributed by atoms with Gasteiger partial charge in [-0.25, -0.2) is 4.98 Å². The fourth-order valence-corrected chi connectivity index (χ4v) is 3.51. The molecule has 7 heteroatoms. The molecule has 27 heavy (non-hydrogen) atoms. The predicted molar refractivity (Wildman–Crippen MR) is 106 cm³/mol. The molecule has 1 aromatic heterocycles. The minimum atomic E-state index is -0.879. The average Bonchev–Trinajstić information content (AvgIpc) is 3.07. The Kier molecular flexibility index (Phi) is 7.79. The van der Waals surface area contributed by atoms with Crippen LogP contribution in [0.3, 0.4) is 0 Å². The molecule has 0 saturated carbocycles. The van der Waals surface area contributed by atoms with E-state index < -0.39 is 11.9 Å². The van der Waals surface area contributed by atoms with E-state index in [0.29, 0.717) is 18.7 Å². The number of carboxylic acid groups (broad SMARTS) is 1. The van der Waals surface area contributed by atoms with E-state index in [0.717, 1.165) is 16.3 Å². The highest BCUT2D eigenvalue weighted by Gasteiger charge is 2.20. The third kappa shape index (κ3) is 6.67. The van der Waals surface area contributed by atoms with Gasteiger partial charge < -0.3 is 15.2 Å². The van der Waals surface area contributed by atoms with Crippen molar-refractivity contribution in [3.05, 3.63) is 35.3 Å². The summed E-state index contributed by atoms with van der Waals surface area (Å²) in [5, 5.41) is 14.6. The highest BCUT2D eigenvalue weighted by atomic mass is 32.1. The molecule has 146 valence electrons. The van der Waals surface area contributed by atoms with Crippen LogP contribution in [0.25, 0.3) is 10.6 Å². The van der Waals surface area contributed by atoms with E-state index in [1.165, 1.54) is 11.3 Å². The lowest BCUT2D eigenvalue weighted by Crippen LogP contribution is -2.34. The predicted octanol–water partition coefficient (Wildman–Crippen LogP) is 3.61. The first-order valence-corrected chi connectivity index (χ1v) is 9.94. The van der Waals surface area contributed by atoms with E-state index in [1.54, 1.807) is 0 Å². The molecule has 2 rings (SSSR count). The number of nitrogens with zero attached hydrogens (tertiary/aromatic N) is 1. The van der Waals surface area contributed by atoms with Crippen molar-refractivity contribution in [1.82, 2.24) is 10.3 Å². The van der Waals surface area contributed by atoms with E-state index >= 15 is 0 Å². The second kappa shape index (κ2) is 10.1. The van der Waals surface area contributed by atoms with Crippen molar-refractivity contribution < 1.29 is 19.4 Å². The second-order valence-electron chi connectivity index (χ2n) is 6.75. The van der Waals surface area contributed by atoms with Gasteiger partial charge in [0.1, 0.15) is 10.8 Å². The number of hydrogen-bond acceptors (Lipinski definition) is 5. The minimum absolute atomic E-state index is 0.140. The molecule has 1 heterocycles. The normalized spacial score (nSPS) is 12.0. The van der Waals surface area contributed by atoms with E-state index in [-0.39, 0.29) is 24.8 Å². The number of rotatable bonds is 10. The van der Waals surface area contributed by atoms with Crippen LogP contribution in [-0.2, 0) is 16.0 Å². The van der Waals surface area contributed by atoms with E-state index in [4.69, 9.17) is 4.74 Å². The molecule has 0 radical (unpaired) electrons. The summed E-state index contributed by atoms with van der Waals surface area (Å²) in [5.41, 5.74) is 1.65. The molecule has 1 aromatic carbocycles. The first kappa shape index (κ1) is 20.9. The van der Waals surface area contributed by atoms with Gasteiger partial charge in [-0.2, -0.15) is 0 Å². The van der Waals surface area contributed by atoms with Crippen molar-refractivity contribution in [2.45, 2.75) is 33.6 Å². The van der Waals surface area contributed by atoms with Gasteiger partial charge in [-0.3, -0.25) is 9.59 Å². The number of aliphatic carboxylic acids is 1. The first-order chi connectivity index (χ1) is 12.9. The summed E-state index contributed by atoms with van der Waals surface area (Å²) in [6, 6.07) is 7.68. The monoisotopic (exact) mass is 390 g/mol. The van der Waals surface area contributed by atoms with Crippen LogP contribution in [0.4, 0.5) is 0 Å². The Labute approximate surface area is 163 Å². The molecule has 1 unspecified atom stereocenters. The number of aromatic nitrogens is 1. The highest BCUT2D eigenvalue weighted by molar-refractivity contribution is 7.13. The number of carbonyl (C=O) groups excluding carboxylic acids is 1. The third-order valence-corrected chi connectivity index (χ3v) is 4.90. The van der Waals surface area contributed by atoms with Gasteiger partial charge in [0.2, 0.25) is 5.91 Å². The Hall–Kier alpha value is -2.41. The molecular formula is C20H26N2O4S. The minimum Gasteiger partial charge on any atom is -0.494 e. The zero-order chi connectivity index (χ0) is 19.8. The lowest BCUT2D eigenvalue weighted by molar-refractivity contribution is -0.142. The molecule has 1 amide bonds. The lowest BCUT2D eigenvalue weighted by atomic mass is 9.97. The van der Waals surface area contributed by atoms with Gasteiger partial charge in [-0.1, -0.05) is 13.8 Å². The SMILES string of the molecule is CCOc1ccc(-c2nc(CC(=O)NCC(CC(C)C)C(=O)O)cs2)cc1. The summed E-state index contributed by atoms with van der Waals surface area (Å²) in [5.74, 6) is -0.585. The maximum Gasteiger partial charge on any atom is 0.308 e. The summed E-state index contributed by atoms with van der Waals surface area (Å²) < 4.78 is 5.43. The maximum absolute atomic E-state index is 12.1. The van der Waals surface area contributed by atoms with Crippen molar-refractivity contribution in [2.24, 2.45) is 11.8 Å². The summed E-state index contributed by atoms with van der Waals surface area (Å²) in [7, 11) is 0. The fourth-order valence-electron chi connectivity index (χ4n) is 2.69. The van der Waals surface area contributed by atoms with E-state index in [2.05, 4.69) is 10.3 Å². The number of carboxylic acids is 1. The Balaban J connectivity index is 1.90. The smallest absolute Gasteiger partial charge is 0.308 e. The second-order valence-corrected chi connectivity index (χ2v) is 7.61. The van der Waals surface area contributed by atoms with Gasteiger partial charge in [0.05, 0.1) is 24.6 Å². The van der Waals surface area contributed by atoms with Crippen molar-refractivity contribution in [1.29, 1.82) is 0 Å². The quantitative estimate of drug-likeness (QED) is 0.647. The Morgan fingerprint density at radius 3 is 2.56 bits per heavy atom. The van der Waals surface area contributed by atoms with Crippen LogP contribution < -0.4 is 10.1 Å². The topological polar surface area (TPSA) is 88.5 Å². The molecule has 0 saturated heterocycles. The third-order valence-electron chi connectivity index (χ3n) is 3.96. The maximum atomic E-state index is 12.1. The van der Waals surface area contributed by atoms with Crippen molar-refractivity contribution in [3.63, 3.8) is 0 Å². The number of ether oxygens (including phenoxy) is 1. The van der Waals surface area contributed by atoms with Crippen LogP contribution in [0, 0.1) is 11.8 Å². The Morgan fingerprint density at radius 2 is 1.96 bits per heavy atom. The van der Waals surface area contributed by atoms with Gasteiger partial charge >= 0.3 is 5.97 Å². The Morgan fingerprint density at radius 1 is 1.26 bits per heavy atom. The summed E-state index contributed by atoms with van der Waals surface area (Å²) in [4.78, 5) is 27.9. The number of benzene rings is 1. The molecule has 0 aliphatic carbocycles. The van der Waals surface area contributed by atoms with E-state index in [9.17, 15) is 14.7 Å². The van der Waals surface area contributed by atoms with Crippen molar-refractivity contribution >= 4 is 23.2 Å². The molecule has 0 bridgehead atoms. The molecule has 0 aliphatic heterocycles. The number of carbonyl (C=O) groups is 2. The van der Waals surface area contributed by atoms with Gasteiger partial charge in [0.25, 0.3) is 0 Å². The average molecular weight is 391 g/mol. The largest absolute Gasteiger partial charge is 0.494 e. The molecule has 6 nitrogen and oxygen atoms in total. The van der Waals surface area contributed by atoms with Crippen LogP contribution in [0.15, 0.2) is 29.6 Å². The first-order valence-electron chi connectivity index (χ1n) is 9.06. The van der Waals surface area contributed by atoms with Gasteiger partial charge in [0.15, 0.2) is 0 Å². The molecule has 2 aromatic rings. The standard InChI is InChI=1S/C20H26N2O4S/c1-4-26-17-7-5-14(6-8-17)19-22-16(12-27-19)10-18(23)21-11-15(20(24)25)9-13(2)3/h5-8,12-13,15H,4,9-11H2,1-3H3,(H,21,23)(H,24,25). The summed E-state index contributed by atoms with van der Waals surface area (Å²) >= 11 is 1.48. The zero-order valence-electron chi connectivity index (χ0n) is 15.9. The van der Waals surface area contributed by atoms with Crippen molar-refractivity contribution in [2.75, 3.05) is 13.2 Å². The molecule has 0 spiro atoms. The van der Waals surface area contributed by atoms with Gasteiger partial charge in [0, 0.05) is 17.5 Å². The summed E-state index contributed by atoms with van der Waals surface area (Å²) in [6.07, 6.45) is 0.676. The lowest BCUT2D eigenvalue weighted by Gasteiger charge is -2.15. The number of hydrogen-bond donors (Lipinski definition) is 2. The number of nitrogens with one attached hydrogen (secondary N) is 1. The van der Waals surface area contributed by atoms with Gasteiger partial charge in [-0.15, -0.1) is 11.3 Å². The molecule has 0 fully saturated rings. The van der Waals surface area contributed by atoms with Crippen LogP contribution >= 0.6 is 11.3 Å². The van der Waals surface area contributed by atoms with Gasteiger partial charge in [-0.05, 0) is 43.5 Å². The Bertz CT molecular complexity index is 756. The molecule has 1 atom stereocenters. The number of amides is 1. The van der Waals surface area contributed by atoms with E-state index in [1.807, 2.05) is 50.4 Å². The van der Waals surface area contributed by atoms with Crippen LogP contribution in [0.2, 0.25) is 0 Å². The highest BCUT2D eigenvalue weighted by Crippen LogP contribution is 2.26. The number of thiazole rings is 1. The van der Waals surface area contributed by atoms with Crippen molar-refractivity contribution in [3.8, 4) is 16.3 Å². The zero-order valence-corrected chi connectivity index (χ0v) is 16.7. The molecule has 2 N–H and O–H groups in total. The van der Waals surface area contributed by atoms with Crippen LogP contribution in [0.1, 0.15) is 32.9 Å².